The summed E-state index contributed by atoms with van der Waals surface area (Å²) < 4.78 is 6.11. The molecule has 5 heteroatoms. The second kappa shape index (κ2) is 10.7. The average molecular weight is 388 g/mol. The number of aliphatic hydroxyl groups excluding tert-OH is 1. The van der Waals surface area contributed by atoms with Crippen molar-refractivity contribution in [1.82, 2.24) is 5.32 Å². The van der Waals surface area contributed by atoms with Gasteiger partial charge in [0, 0.05) is 24.9 Å². The van der Waals surface area contributed by atoms with E-state index in [9.17, 15) is 9.90 Å². The van der Waals surface area contributed by atoms with Crippen molar-refractivity contribution in [3.63, 3.8) is 0 Å². The molecule has 3 rings (SSSR count). The van der Waals surface area contributed by atoms with Gasteiger partial charge in [-0.1, -0.05) is 42.5 Å². The molecule has 2 bridgehead atoms. The number of ether oxygens (including phenoxy) is 1. The standard InChI is InChI=1S/C23H33NO4/c25-18(13-12-17-8-4-3-5-9-17)16-24-23-19(20-14-15-21(23)28-20)10-6-1-2-7-11-22(26)27/h1,3-6,8-9,18-21,23-25H,2,7,10-16H2,(H,26,27)/t18?,19-,20+,21-,23-/m0/s1. The summed E-state index contributed by atoms with van der Waals surface area (Å²) in [7, 11) is 0. The molecule has 0 amide bonds. The third-order valence-electron chi connectivity index (χ3n) is 5.96. The van der Waals surface area contributed by atoms with Crippen molar-refractivity contribution < 1.29 is 19.7 Å². The van der Waals surface area contributed by atoms with E-state index in [1.54, 1.807) is 0 Å². The normalized spacial score (nSPS) is 27.5. The van der Waals surface area contributed by atoms with Crippen molar-refractivity contribution in [2.75, 3.05) is 6.54 Å². The van der Waals surface area contributed by atoms with Gasteiger partial charge in [0.1, 0.15) is 0 Å². The van der Waals surface area contributed by atoms with Gasteiger partial charge >= 0.3 is 5.97 Å². The van der Waals surface area contributed by atoms with Gasteiger partial charge in [0.05, 0.1) is 18.3 Å². The number of hydrogen-bond acceptors (Lipinski definition) is 4. The lowest BCUT2D eigenvalue weighted by molar-refractivity contribution is -0.137. The van der Waals surface area contributed by atoms with Crippen LogP contribution in [0.15, 0.2) is 42.5 Å². The molecular weight excluding hydrogens is 354 g/mol. The van der Waals surface area contributed by atoms with Gasteiger partial charge in [0.2, 0.25) is 0 Å². The number of rotatable bonds is 12. The molecular formula is C23H33NO4. The molecule has 3 N–H and O–H groups in total. The van der Waals surface area contributed by atoms with Crippen LogP contribution in [0.1, 0.15) is 50.5 Å². The minimum atomic E-state index is -0.731. The molecule has 2 aliphatic heterocycles. The lowest BCUT2D eigenvalue weighted by Crippen LogP contribution is -2.46. The van der Waals surface area contributed by atoms with E-state index < -0.39 is 5.97 Å². The van der Waals surface area contributed by atoms with Crippen LogP contribution in [0, 0.1) is 5.92 Å². The first kappa shape index (κ1) is 21.0. The zero-order valence-corrected chi connectivity index (χ0v) is 16.5. The predicted molar refractivity (Wildman–Crippen MR) is 109 cm³/mol. The molecule has 0 spiro atoms. The van der Waals surface area contributed by atoms with Crippen molar-refractivity contribution in [2.45, 2.75) is 75.7 Å². The fraction of sp³-hybridized carbons (Fsp3) is 0.609. The van der Waals surface area contributed by atoms with Crippen LogP contribution < -0.4 is 5.32 Å². The lowest BCUT2D eigenvalue weighted by atomic mass is 9.82. The maximum atomic E-state index is 10.6. The summed E-state index contributed by atoms with van der Waals surface area (Å²) in [5.41, 5.74) is 1.26. The van der Waals surface area contributed by atoms with Crippen LogP contribution in [0.5, 0.6) is 0 Å². The van der Waals surface area contributed by atoms with E-state index in [0.29, 0.717) is 31.0 Å². The summed E-state index contributed by atoms with van der Waals surface area (Å²) in [5, 5.41) is 22.6. The number of allylic oxidation sites excluding steroid dienone is 2. The van der Waals surface area contributed by atoms with Gasteiger partial charge in [-0.25, -0.2) is 0 Å². The van der Waals surface area contributed by atoms with Gasteiger partial charge in [0.25, 0.3) is 0 Å². The number of aryl methyl sites for hydroxylation is 1. The number of carbonyl (C=O) groups is 1. The maximum Gasteiger partial charge on any atom is 0.303 e. The van der Waals surface area contributed by atoms with Gasteiger partial charge in [-0.05, 0) is 50.5 Å². The first-order valence-corrected chi connectivity index (χ1v) is 10.6. The fourth-order valence-corrected chi connectivity index (χ4v) is 4.45. The summed E-state index contributed by atoms with van der Waals surface area (Å²) in [6.45, 7) is 0.600. The van der Waals surface area contributed by atoms with Gasteiger partial charge < -0.3 is 20.3 Å². The third-order valence-corrected chi connectivity index (χ3v) is 5.96. The smallest absolute Gasteiger partial charge is 0.303 e. The molecule has 0 radical (unpaired) electrons. The van der Waals surface area contributed by atoms with E-state index in [4.69, 9.17) is 9.84 Å². The van der Waals surface area contributed by atoms with Crippen molar-refractivity contribution in [1.29, 1.82) is 0 Å². The van der Waals surface area contributed by atoms with Crippen molar-refractivity contribution in [3.05, 3.63) is 48.0 Å². The molecule has 5 atom stereocenters. The van der Waals surface area contributed by atoms with E-state index in [2.05, 4.69) is 29.6 Å². The molecule has 2 aliphatic rings. The Balaban J connectivity index is 1.40. The van der Waals surface area contributed by atoms with Crippen LogP contribution in [-0.2, 0) is 16.0 Å². The maximum absolute atomic E-state index is 10.6. The summed E-state index contributed by atoms with van der Waals surface area (Å²) in [5.74, 6) is -0.291. The molecule has 1 aromatic carbocycles. The molecule has 154 valence electrons. The van der Waals surface area contributed by atoms with E-state index in [1.807, 2.05) is 18.2 Å². The molecule has 2 saturated heterocycles. The summed E-state index contributed by atoms with van der Waals surface area (Å²) >= 11 is 0. The highest BCUT2D eigenvalue weighted by Gasteiger charge is 2.47. The van der Waals surface area contributed by atoms with Gasteiger partial charge in [-0.3, -0.25) is 4.79 Å². The minimum absolute atomic E-state index is 0.229. The average Bonchev–Trinajstić information content (AvgIpc) is 3.30. The Kier molecular flexibility index (Phi) is 8.07. The summed E-state index contributed by atoms with van der Waals surface area (Å²) in [6, 6.07) is 10.6. The monoisotopic (exact) mass is 387 g/mol. The zero-order valence-electron chi connectivity index (χ0n) is 16.5. The molecule has 2 heterocycles. The predicted octanol–water partition coefficient (Wildman–Crippen LogP) is 3.32. The fourth-order valence-electron chi connectivity index (χ4n) is 4.45. The van der Waals surface area contributed by atoms with Crippen LogP contribution in [0.3, 0.4) is 0 Å². The van der Waals surface area contributed by atoms with E-state index in [-0.39, 0.29) is 18.6 Å². The van der Waals surface area contributed by atoms with Crippen molar-refractivity contribution in [2.24, 2.45) is 5.92 Å². The third kappa shape index (κ3) is 6.16. The first-order valence-electron chi connectivity index (χ1n) is 10.6. The SMILES string of the molecule is O=C(O)CCCC=CC[C@@H]1[C@H](NCC(O)CCc2ccccc2)[C@@H]2CC[C@H]1O2. The minimum Gasteiger partial charge on any atom is -0.481 e. The van der Waals surface area contributed by atoms with Crippen LogP contribution in [-0.4, -0.2) is 47.1 Å². The quantitative estimate of drug-likeness (QED) is 0.379. The van der Waals surface area contributed by atoms with E-state index in [0.717, 1.165) is 38.5 Å². The Morgan fingerprint density at radius 3 is 2.79 bits per heavy atom. The van der Waals surface area contributed by atoms with Gasteiger partial charge in [-0.2, -0.15) is 0 Å². The largest absolute Gasteiger partial charge is 0.481 e. The Hall–Kier alpha value is -1.69. The number of carboxylic acid groups (broad SMARTS) is 1. The number of aliphatic hydroxyl groups is 1. The molecule has 1 aromatic rings. The molecule has 0 aromatic heterocycles. The number of aliphatic carboxylic acids is 1. The van der Waals surface area contributed by atoms with Crippen LogP contribution in [0.4, 0.5) is 0 Å². The lowest BCUT2D eigenvalue weighted by Gasteiger charge is -2.29. The Labute approximate surface area is 167 Å². The first-order chi connectivity index (χ1) is 13.6. The van der Waals surface area contributed by atoms with Crippen LogP contribution in [0.2, 0.25) is 0 Å². The number of unbranched alkanes of at least 4 members (excludes halogenated alkanes) is 1. The Morgan fingerprint density at radius 2 is 2.00 bits per heavy atom. The van der Waals surface area contributed by atoms with Gasteiger partial charge in [0.15, 0.2) is 0 Å². The van der Waals surface area contributed by atoms with Crippen LogP contribution in [0.25, 0.3) is 0 Å². The van der Waals surface area contributed by atoms with Crippen LogP contribution >= 0.6 is 0 Å². The number of fused-ring (bicyclic) bond motifs is 2. The number of carboxylic acids is 1. The molecule has 5 nitrogen and oxygen atoms in total. The molecule has 2 fully saturated rings. The summed E-state index contributed by atoms with van der Waals surface area (Å²) in [6.07, 6.45) is 11.0. The highest BCUT2D eigenvalue weighted by atomic mass is 16.5. The zero-order chi connectivity index (χ0) is 19.8. The molecule has 0 saturated carbocycles. The van der Waals surface area contributed by atoms with Gasteiger partial charge in [-0.15, -0.1) is 0 Å². The number of benzene rings is 1. The molecule has 28 heavy (non-hydrogen) atoms. The topological polar surface area (TPSA) is 78.8 Å². The molecule has 1 unspecified atom stereocenters. The van der Waals surface area contributed by atoms with E-state index >= 15 is 0 Å². The Morgan fingerprint density at radius 1 is 1.21 bits per heavy atom. The number of nitrogens with one attached hydrogen (secondary N) is 1. The van der Waals surface area contributed by atoms with E-state index in [1.165, 1.54) is 5.56 Å². The highest BCUT2D eigenvalue weighted by Crippen LogP contribution is 2.41. The second-order valence-electron chi connectivity index (χ2n) is 8.06. The summed E-state index contributed by atoms with van der Waals surface area (Å²) in [4.78, 5) is 10.6. The van der Waals surface area contributed by atoms with Crippen molar-refractivity contribution in [3.8, 4) is 0 Å². The van der Waals surface area contributed by atoms with Crippen molar-refractivity contribution >= 4 is 5.97 Å². The number of hydrogen-bond donors (Lipinski definition) is 3. The highest BCUT2D eigenvalue weighted by molar-refractivity contribution is 5.66. The second-order valence-corrected chi connectivity index (χ2v) is 8.06. The Bertz CT molecular complexity index is 633. The molecule has 0 aliphatic carbocycles.